The molecule has 132 valence electrons. The molecule has 2 N–H and O–H groups in total. The first-order valence-corrected chi connectivity index (χ1v) is 7.83. The van der Waals surface area contributed by atoms with E-state index in [1.54, 1.807) is 55.5 Å². The van der Waals surface area contributed by atoms with Crippen LogP contribution in [0.2, 0.25) is 0 Å². The summed E-state index contributed by atoms with van der Waals surface area (Å²) in [7, 11) is 0. The molecule has 1 aromatic carbocycles. The summed E-state index contributed by atoms with van der Waals surface area (Å²) in [6, 6.07) is 15.1. The molecule has 0 saturated heterocycles. The van der Waals surface area contributed by atoms with Gasteiger partial charge >= 0.3 is 5.97 Å². The van der Waals surface area contributed by atoms with Crippen molar-refractivity contribution in [3.05, 3.63) is 64.6 Å². The van der Waals surface area contributed by atoms with E-state index < -0.39 is 5.97 Å². The van der Waals surface area contributed by atoms with E-state index in [-0.39, 0.29) is 16.8 Å². The molecule has 0 atom stereocenters. The second kappa shape index (κ2) is 8.71. The number of ether oxygens (including phenoxy) is 1. The van der Waals surface area contributed by atoms with Gasteiger partial charge in [-0.25, -0.2) is 4.79 Å². The fourth-order valence-electron chi connectivity index (χ4n) is 2.16. The van der Waals surface area contributed by atoms with Crippen LogP contribution in [0, 0.1) is 34.0 Å². The number of rotatable bonds is 5. The molecule has 0 bridgehead atoms. The van der Waals surface area contributed by atoms with Gasteiger partial charge in [0.15, 0.2) is 5.57 Å². The number of nitrogens with two attached hydrogens (primary N) is 1. The van der Waals surface area contributed by atoms with Crippen molar-refractivity contribution < 1.29 is 13.9 Å². The van der Waals surface area contributed by atoms with E-state index in [0.29, 0.717) is 23.7 Å². The summed E-state index contributed by atoms with van der Waals surface area (Å²) in [6.07, 6.45) is 1.35. The van der Waals surface area contributed by atoms with Gasteiger partial charge in [0.05, 0.1) is 23.4 Å². The zero-order valence-electron chi connectivity index (χ0n) is 14.4. The van der Waals surface area contributed by atoms with Gasteiger partial charge in [-0.05, 0) is 31.2 Å². The number of nitriles is 3. The third-order valence-corrected chi connectivity index (χ3v) is 3.50. The Morgan fingerprint density at radius 1 is 1.11 bits per heavy atom. The van der Waals surface area contributed by atoms with Crippen LogP contribution in [-0.4, -0.2) is 12.6 Å². The Morgan fingerprint density at radius 3 is 2.33 bits per heavy atom. The first-order chi connectivity index (χ1) is 13.0. The molecule has 7 heteroatoms. The normalized spacial score (nSPS) is 10.2. The van der Waals surface area contributed by atoms with Gasteiger partial charge in [0.2, 0.25) is 0 Å². The van der Waals surface area contributed by atoms with Crippen molar-refractivity contribution in [3.63, 3.8) is 0 Å². The summed E-state index contributed by atoms with van der Waals surface area (Å²) in [5.41, 5.74) is 6.24. The Balaban J connectivity index is 2.30. The predicted molar refractivity (Wildman–Crippen MR) is 96.1 cm³/mol. The van der Waals surface area contributed by atoms with Crippen LogP contribution >= 0.6 is 0 Å². The van der Waals surface area contributed by atoms with Crippen LogP contribution in [0.5, 0.6) is 0 Å². The number of carbonyl (C=O) groups is 1. The van der Waals surface area contributed by atoms with E-state index in [1.807, 2.05) is 6.07 Å². The molecule has 0 aliphatic carbocycles. The van der Waals surface area contributed by atoms with Crippen LogP contribution < -0.4 is 5.73 Å². The molecule has 1 aromatic heterocycles. The van der Waals surface area contributed by atoms with Crippen molar-refractivity contribution in [2.24, 2.45) is 5.73 Å². The number of benzene rings is 1. The highest BCUT2D eigenvalue weighted by atomic mass is 16.5. The van der Waals surface area contributed by atoms with Crippen molar-refractivity contribution in [1.29, 1.82) is 15.8 Å². The quantitative estimate of drug-likeness (QED) is 0.492. The Hall–Kier alpha value is -4.28. The van der Waals surface area contributed by atoms with Crippen LogP contribution in [-0.2, 0) is 4.74 Å². The average Bonchev–Trinajstić information content (AvgIpc) is 3.16. The van der Waals surface area contributed by atoms with Crippen LogP contribution in [0.3, 0.4) is 0 Å². The maximum absolute atomic E-state index is 11.7. The molecule has 0 radical (unpaired) electrons. The molecule has 0 unspecified atom stereocenters. The summed E-state index contributed by atoms with van der Waals surface area (Å²) in [6.45, 7) is 2.03. The lowest BCUT2D eigenvalue weighted by Crippen LogP contribution is -2.03. The van der Waals surface area contributed by atoms with Crippen LogP contribution in [0.25, 0.3) is 17.4 Å². The molecular weight excluding hydrogens is 344 g/mol. The van der Waals surface area contributed by atoms with Gasteiger partial charge in [-0.3, -0.25) is 0 Å². The molecule has 0 fully saturated rings. The van der Waals surface area contributed by atoms with Gasteiger partial charge in [-0.2, -0.15) is 15.8 Å². The number of hydrogen-bond donors (Lipinski definition) is 1. The lowest BCUT2D eigenvalue weighted by atomic mass is 10.1. The average molecular weight is 358 g/mol. The number of allylic oxidation sites excluding steroid dienone is 2. The lowest BCUT2D eigenvalue weighted by molar-refractivity contribution is 0.0526. The van der Waals surface area contributed by atoms with Crippen molar-refractivity contribution in [2.45, 2.75) is 6.92 Å². The largest absolute Gasteiger partial charge is 0.462 e. The molecule has 0 saturated carbocycles. The third kappa shape index (κ3) is 4.42. The van der Waals surface area contributed by atoms with Gasteiger partial charge in [0, 0.05) is 11.6 Å². The molecule has 0 amide bonds. The van der Waals surface area contributed by atoms with E-state index in [2.05, 4.69) is 0 Å². The SMILES string of the molecule is CCOC(=O)c1ccc(-c2ccc(/C=C(\C#N)C(N)=C(C#N)C#N)o2)cc1. The highest BCUT2D eigenvalue weighted by Gasteiger charge is 2.11. The molecule has 7 nitrogen and oxygen atoms in total. The fraction of sp³-hybridized carbons (Fsp3) is 0.100. The highest BCUT2D eigenvalue weighted by molar-refractivity contribution is 5.90. The summed E-state index contributed by atoms with van der Waals surface area (Å²) >= 11 is 0. The molecule has 0 aliphatic heterocycles. The van der Waals surface area contributed by atoms with E-state index in [1.165, 1.54) is 6.08 Å². The Labute approximate surface area is 155 Å². The van der Waals surface area contributed by atoms with E-state index in [4.69, 9.17) is 25.4 Å². The standard InChI is InChI=1S/C20H14N4O3/c1-2-26-20(25)14-5-3-13(4-6-14)18-8-7-17(27-18)9-15(10-21)19(24)16(11-22)12-23/h3-9H,2,24H2,1H3/b15-9+. The number of hydrogen-bond acceptors (Lipinski definition) is 7. The van der Waals surface area contributed by atoms with Crippen molar-refractivity contribution >= 4 is 12.0 Å². The minimum absolute atomic E-state index is 0.0494. The Morgan fingerprint density at radius 2 is 1.78 bits per heavy atom. The molecule has 27 heavy (non-hydrogen) atoms. The molecule has 2 rings (SSSR count). The van der Waals surface area contributed by atoms with Gasteiger partial charge in [-0.1, -0.05) is 12.1 Å². The number of carbonyl (C=O) groups excluding carboxylic acids is 1. The zero-order chi connectivity index (χ0) is 19.8. The molecule has 0 spiro atoms. The molecule has 2 aromatic rings. The summed E-state index contributed by atoms with van der Waals surface area (Å²) < 4.78 is 10.6. The summed E-state index contributed by atoms with van der Waals surface area (Å²) in [4.78, 5) is 11.7. The van der Waals surface area contributed by atoms with E-state index >= 15 is 0 Å². The van der Waals surface area contributed by atoms with E-state index in [9.17, 15) is 10.1 Å². The first-order valence-electron chi connectivity index (χ1n) is 7.83. The van der Waals surface area contributed by atoms with Gasteiger partial charge < -0.3 is 14.9 Å². The monoisotopic (exact) mass is 358 g/mol. The summed E-state index contributed by atoms with van der Waals surface area (Å²) in [5.74, 6) is 0.435. The zero-order valence-corrected chi connectivity index (χ0v) is 14.4. The van der Waals surface area contributed by atoms with Crippen molar-refractivity contribution in [3.8, 4) is 29.5 Å². The predicted octanol–water partition coefficient (Wildman–Crippen LogP) is 3.29. The maximum Gasteiger partial charge on any atom is 0.338 e. The number of furan rings is 1. The van der Waals surface area contributed by atoms with Gasteiger partial charge in [-0.15, -0.1) is 0 Å². The number of nitrogens with zero attached hydrogens (tertiary/aromatic N) is 3. The molecule has 1 heterocycles. The maximum atomic E-state index is 11.7. The first kappa shape index (κ1) is 19.1. The smallest absolute Gasteiger partial charge is 0.338 e. The lowest BCUT2D eigenvalue weighted by Gasteiger charge is -2.02. The van der Waals surface area contributed by atoms with Gasteiger partial charge in [0.25, 0.3) is 0 Å². The van der Waals surface area contributed by atoms with Crippen LogP contribution in [0.1, 0.15) is 23.0 Å². The van der Waals surface area contributed by atoms with Gasteiger partial charge in [0.1, 0.15) is 29.7 Å². The number of esters is 1. The molecular formula is C20H14N4O3. The Kier molecular flexibility index (Phi) is 6.15. The van der Waals surface area contributed by atoms with Crippen molar-refractivity contribution in [2.75, 3.05) is 6.61 Å². The van der Waals surface area contributed by atoms with E-state index in [0.717, 1.165) is 5.56 Å². The summed E-state index contributed by atoms with van der Waals surface area (Å²) in [5, 5.41) is 26.9. The minimum Gasteiger partial charge on any atom is -0.462 e. The fourth-order valence-corrected chi connectivity index (χ4v) is 2.16. The highest BCUT2D eigenvalue weighted by Crippen LogP contribution is 2.25. The van der Waals surface area contributed by atoms with Crippen LogP contribution in [0.4, 0.5) is 0 Å². The minimum atomic E-state index is -0.404. The second-order valence-electron chi connectivity index (χ2n) is 5.18. The third-order valence-electron chi connectivity index (χ3n) is 3.50. The van der Waals surface area contributed by atoms with Crippen LogP contribution in [0.15, 0.2) is 57.7 Å². The topological polar surface area (TPSA) is 137 Å². The second-order valence-corrected chi connectivity index (χ2v) is 5.18. The molecule has 0 aliphatic rings. The Bertz CT molecular complexity index is 1020. The van der Waals surface area contributed by atoms with Crippen molar-refractivity contribution in [1.82, 2.24) is 0 Å².